The van der Waals surface area contributed by atoms with Gasteiger partial charge in [0.05, 0.1) is 30.3 Å². The Kier molecular flexibility index (Phi) is 5.82. The van der Waals surface area contributed by atoms with Crippen LogP contribution in [0.4, 0.5) is 0 Å². The maximum Gasteiger partial charge on any atom is 0.338 e. The number of hydrogen-bond donors (Lipinski definition) is 0. The molecule has 0 fully saturated rings. The van der Waals surface area contributed by atoms with E-state index in [1.54, 1.807) is 56.3 Å². The van der Waals surface area contributed by atoms with Gasteiger partial charge in [-0.05, 0) is 49.7 Å². The molecule has 27 heavy (non-hydrogen) atoms. The van der Waals surface area contributed by atoms with Crippen LogP contribution in [0, 0.1) is 5.92 Å². The van der Waals surface area contributed by atoms with E-state index in [0.717, 1.165) is 11.1 Å². The number of ether oxygens (including phenoxy) is 1. The Balaban J connectivity index is 1.79. The Bertz CT molecular complexity index is 890. The average Bonchev–Trinajstić information content (AvgIpc) is 2.90. The average molecular weight is 405 g/mol. The first kappa shape index (κ1) is 19.4. The zero-order valence-electron chi connectivity index (χ0n) is 14.9. The lowest BCUT2D eigenvalue weighted by atomic mass is 9.99. The van der Waals surface area contributed by atoms with Crippen molar-refractivity contribution in [3.05, 3.63) is 69.2 Å². The topological polar surface area (TPSA) is 59.0 Å². The van der Waals surface area contributed by atoms with Crippen LogP contribution in [0.15, 0.2) is 47.6 Å². The van der Waals surface area contributed by atoms with E-state index in [2.05, 4.69) is 5.10 Å². The van der Waals surface area contributed by atoms with Crippen molar-refractivity contribution in [3.8, 4) is 0 Å². The quantitative estimate of drug-likeness (QED) is 0.686. The second-order valence-corrected chi connectivity index (χ2v) is 7.05. The molecular formula is C20H18Cl2N2O3. The molecule has 0 saturated heterocycles. The van der Waals surface area contributed by atoms with E-state index in [1.807, 2.05) is 0 Å². The predicted molar refractivity (Wildman–Crippen MR) is 105 cm³/mol. The van der Waals surface area contributed by atoms with Gasteiger partial charge in [0.25, 0.3) is 5.91 Å². The highest BCUT2D eigenvalue weighted by atomic mass is 35.5. The number of carbonyl (C=O) groups is 2. The molecule has 0 spiro atoms. The molecule has 0 aromatic heterocycles. The van der Waals surface area contributed by atoms with Crippen LogP contribution in [0.3, 0.4) is 0 Å². The SMILES string of the molecule is CCOC(=O)c1ccc(CN2N=C(c3cc(Cl)cc(Cl)c3)C(C)C2=O)cc1. The first-order valence-electron chi connectivity index (χ1n) is 8.51. The van der Waals surface area contributed by atoms with Crippen molar-refractivity contribution in [2.45, 2.75) is 20.4 Å². The summed E-state index contributed by atoms with van der Waals surface area (Å²) < 4.78 is 4.97. The Morgan fingerprint density at radius 3 is 2.37 bits per heavy atom. The molecule has 0 bridgehead atoms. The van der Waals surface area contributed by atoms with Crippen LogP contribution in [0.1, 0.15) is 35.3 Å². The lowest BCUT2D eigenvalue weighted by Crippen LogP contribution is -2.25. The summed E-state index contributed by atoms with van der Waals surface area (Å²) in [5.74, 6) is -0.859. The Morgan fingerprint density at radius 2 is 1.78 bits per heavy atom. The molecule has 1 heterocycles. The normalized spacial score (nSPS) is 16.4. The fourth-order valence-corrected chi connectivity index (χ4v) is 3.39. The van der Waals surface area contributed by atoms with Crippen molar-refractivity contribution in [1.29, 1.82) is 0 Å². The summed E-state index contributed by atoms with van der Waals surface area (Å²) in [5, 5.41) is 6.89. The standard InChI is InChI=1S/C20H18Cl2N2O3/c1-3-27-20(26)14-6-4-13(5-7-14)11-24-19(25)12(2)18(23-24)15-8-16(21)10-17(22)9-15/h4-10,12H,3,11H2,1-2H3. The lowest BCUT2D eigenvalue weighted by Gasteiger charge is -2.13. The Hall–Kier alpha value is -2.37. The van der Waals surface area contributed by atoms with Crippen molar-refractivity contribution in [2.75, 3.05) is 6.61 Å². The van der Waals surface area contributed by atoms with Crippen molar-refractivity contribution in [3.63, 3.8) is 0 Å². The molecular weight excluding hydrogens is 387 g/mol. The van der Waals surface area contributed by atoms with Gasteiger partial charge < -0.3 is 4.74 Å². The summed E-state index contributed by atoms with van der Waals surface area (Å²) >= 11 is 12.1. The number of hydrogen-bond acceptors (Lipinski definition) is 4. The summed E-state index contributed by atoms with van der Waals surface area (Å²) in [7, 11) is 0. The molecule has 1 amide bonds. The summed E-state index contributed by atoms with van der Waals surface area (Å²) in [6.07, 6.45) is 0. The van der Waals surface area contributed by atoms with Gasteiger partial charge in [-0.15, -0.1) is 0 Å². The number of carbonyl (C=O) groups excluding carboxylic acids is 2. The Morgan fingerprint density at radius 1 is 1.15 bits per heavy atom. The molecule has 2 aromatic rings. The molecule has 3 rings (SSSR count). The molecule has 140 valence electrons. The van der Waals surface area contributed by atoms with Crippen molar-refractivity contribution >= 4 is 40.8 Å². The van der Waals surface area contributed by atoms with Crippen LogP contribution >= 0.6 is 23.2 Å². The number of esters is 1. The van der Waals surface area contributed by atoms with Gasteiger partial charge in [-0.25, -0.2) is 9.80 Å². The fraction of sp³-hybridized carbons (Fsp3) is 0.250. The number of halogens is 2. The third kappa shape index (κ3) is 4.31. The minimum Gasteiger partial charge on any atom is -0.462 e. The molecule has 7 heteroatoms. The van der Waals surface area contributed by atoms with Crippen molar-refractivity contribution in [2.24, 2.45) is 11.0 Å². The molecule has 1 aliphatic heterocycles. The van der Waals surface area contributed by atoms with Gasteiger partial charge in [0.15, 0.2) is 0 Å². The molecule has 5 nitrogen and oxygen atoms in total. The van der Waals surface area contributed by atoms with Crippen LogP contribution in [0.2, 0.25) is 10.0 Å². The number of hydrazone groups is 1. The predicted octanol–water partition coefficient (Wildman–Crippen LogP) is 4.55. The van der Waals surface area contributed by atoms with Crippen LogP contribution in [-0.2, 0) is 16.1 Å². The van der Waals surface area contributed by atoms with E-state index >= 15 is 0 Å². The van der Waals surface area contributed by atoms with Gasteiger partial charge in [0.2, 0.25) is 0 Å². The monoisotopic (exact) mass is 404 g/mol. The van der Waals surface area contributed by atoms with Crippen molar-refractivity contribution < 1.29 is 14.3 Å². The van der Waals surface area contributed by atoms with E-state index in [1.165, 1.54) is 5.01 Å². The van der Waals surface area contributed by atoms with E-state index in [9.17, 15) is 9.59 Å². The number of rotatable bonds is 5. The number of benzene rings is 2. The maximum atomic E-state index is 12.6. The molecule has 1 unspecified atom stereocenters. The minimum absolute atomic E-state index is 0.101. The second kappa shape index (κ2) is 8.11. The van der Waals surface area contributed by atoms with Gasteiger partial charge in [-0.1, -0.05) is 35.3 Å². The Labute approximate surface area is 167 Å². The zero-order valence-corrected chi connectivity index (χ0v) is 16.4. The highest BCUT2D eigenvalue weighted by Gasteiger charge is 2.33. The highest BCUT2D eigenvalue weighted by molar-refractivity contribution is 6.35. The largest absolute Gasteiger partial charge is 0.462 e. The van der Waals surface area contributed by atoms with Gasteiger partial charge in [-0.3, -0.25) is 4.79 Å². The van der Waals surface area contributed by atoms with Crippen LogP contribution in [0.5, 0.6) is 0 Å². The highest BCUT2D eigenvalue weighted by Crippen LogP contribution is 2.26. The first-order valence-corrected chi connectivity index (χ1v) is 9.27. The molecule has 0 radical (unpaired) electrons. The van der Waals surface area contributed by atoms with Gasteiger partial charge in [0.1, 0.15) is 0 Å². The molecule has 0 aliphatic carbocycles. The molecule has 0 N–H and O–H groups in total. The molecule has 2 aromatic carbocycles. The van der Waals surface area contributed by atoms with Crippen LogP contribution < -0.4 is 0 Å². The number of nitrogens with zero attached hydrogens (tertiary/aromatic N) is 2. The summed E-state index contributed by atoms with van der Waals surface area (Å²) in [5.41, 5.74) is 2.69. The summed E-state index contributed by atoms with van der Waals surface area (Å²) in [6, 6.07) is 12.1. The first-order chi connectivity index (χ1) is 12.9. The van der Waals surface area contributed by atoms with Gasteiger partial charge >= 0.3 is 5.97 Å². The second-order valence-electron chi connectivity index (χ2n) is 6.18. The summed E-state index contributed by atoms with van der Waals surface area (Å²) in [4.78, 5) is 24.3. The minimum atomic E-state index is -0.390. The summed E-state index contributed by atoms with van der Waals surface area (Å²) in [6.45, 7) is 4.20. The van der Waals surface area contributed by atoms with E-state index < -0.39 is 5.92 Å². The smallest absolute Gasteiger partial charge is 0.338 e. The van der Waals surface area contributed by atoms with Gasteiger partial charge in [0, 0.05) is 15.6 Å². The molecule has 0 saturated carbocycles. The lowest BCUT2D eigenvalue weighted by molar-refractivity contribution is -0.131. The van der Waals surface area contributed by atoms with E-state index in [4.69, 9.17) is 27.9 Å². The maximum absolute atomic E-state index is 12.6. The van der Waals surface area contributed by atoms with Crippen molar-refractivity contribution in [1.82, 2.24) is 5.01 Å². The third-order valence-corrected chi connectivity index (χ3v) is 4.66. The number of amides is 1. The van der Waals surface area contributed by atoms with E-state index in [-0.39, 0.29) is 11.9 Å². The van der Waals surface area contributed by atoms with E-state index in [0.29, 0.717) is 34.5 Å². The third-order valence-electron chi connectivity index (χ3n) is 4.22. The van der Waals surface area contributed by atoms with Gasteiger partial charge in [-0.2, -0.15) is 5.10 Å². The molecule has 1 atom stereocenters. The van der Waals surface area contributed by atoms with Crippen LogP contribution in [0.25, 0.3) is 0 Å². The van der Waals surface area contributed by atoms with Crippen LogP contribution in [-0.4, -0.2) is 29.2 Å². The zero-order chi connectivity index (χ0) is 19.6. The fourth-order valence-electron chi connectivity index (χ4n) is 2.86. The molecule has 1 aliphatic rings.